The summed E-state index contributed by atoms with van der Waals surface area (Å²) in [7, 11) is 4.59. The molecule has 0 aliphatic rings. The topological polar surface area (TPSA) is 69.8 Å². The molecule has 1 aromatic heterocycles. The number of hydrogen-bond donors (Lipinski definition) is 1. The quantitative estimate of drug-likeness (QED) is 0.397. The summed E-state index contributed by atoms with van der Waals surface area (Å²) in [5.74, 6) is 2.04. The first-order chi connectivity index (χ1) is 15.2. The van der Waals surface area contributed by atoms with Crippen LogP contribution in [0.4, 0.5) is 0 Å². The lowest BCUT2D eigenvalue weighted by molar-refractivity contribution is 0.112. The van der Waals surface area contributed by atoms with Crippen LogP contribution in [0.25, 0.3) is 22.2 Å². The van der Waals surface area contributed by atoms with Crippen molar-refractivity contribution in [2.24, 2.45) is 0 Å². The highest BCUT2D eigenvalue weighted by atomic mass is 16.5. The number of carbonyl (C=O) groups excluding carboxylic acids is 1. The first-order valence-electron chi connectivity index (χ1n) is 9.76. The van der Waals surface area contributed by atoms with E-state index >= 15 is 0 Å². The van der Waals surface area contributed by atoms with Crippen LogP contribution in [-0.4, -0.2) is 32.6 Å². The Morgan fingerprint density at radius 3 is 2.32 bits per heavy atom. The molecule has 158 valence electrons. The van der Waals surface area contributed by atoms with Gasteiger partial charge in [0.2, 0.25) is 5.75 Å². The van der Waals surface area contributed by atoms with Crippen LogP contribution in [0.15, 0.2) is 60.7 Å². The minimum absolute atomic E-state index is 0.427. The molecular formula is C25H23NO5. The third-order valence-electron chi connectivity index (χ3n) is 5.10. The molecule has 0 saturated heterocycles. The number of rotatable bonds is 8. The lowest BCUT2D eigenvalue weighted by atomic mass is 10.0. The maximum atomic E-state index is 11.8. The lowest BCUT2D eigenvalue weighted by Gasteiger charge is -2.17. The second-order valence-corrected chi connectivity index (χ2v) is 6.93. The van der Waals surface area contributed by atoms with Crippen molar-refractivity contribution in [2.75, 3.05) is 21.3 Å². The lowest BCUT2D eigenvalue weighted by Crippen LogP contribution is -2.00. The minimum Gasteiger partial charge on any atom is -0.493 e. The van der Waals surface area contributed by atoms with E-state index in [0.29, 0.717) is 35.0 Å². The van der Waals surface area contributed by atoms with Crippen molar-refractivity contribution in [3.63, 3.8) is 0 Å². The molecule has 0 aliphatic heterocycles. The normalized spacial score (nSPS) is 10.7. The predicted molar refractivity (Wildman–Crippen MR) is 120 cm³/mol. The summed E-state index contributed by atoms with van der Waals surface area (Å²) in [6.45, 7) is 0.489. The SMILES string of the molecule is COc1cc(C=O)c(-c2cc3cc(OCc4ccccc4)ccc3[nH]2)c(OC)c1OC. The van der Waals surface area contributed by atoms with Crippen LogP contribution in [0.5, 0.6) is 23.0 Å². The van der Waals surface area contributed by atoms with Gasteiger partial charge in [0.25, 0.3) is 0 Å². The Balaban J connectivity index is 1.74. The Morgan fingerprint density at radius 1 is 0.871 bits per heavy atom. The summed E-state index contributed by atoms with van der Waals surface area (Å²) in [6.07, 6.45) is 0.778. The van der Waals surface area contributed by atoms with E-state index in [4.69, 9.17) is 18.9 Å². The van der Waals surface area contributed by atoms with Crippen molar-refractivity contribution in [1.82, 2.24) is 4.98 Å². The number of benzene rings is 3. The van der Waals surface area contributed by atoms with Gasteiger partial charge >= 0.3 is 0 Å². The summed E-state index contributed by atoms with van der Waals surface area (Å²) in [5, 5.41) is 0.953. The molecule has 1 N–H and O–H groups in total. The van der Waals surface area contributed by atoms with Crippen molar-refractivity contribution < 1.29 is 23.7 Å². The number of H-pyrrole nitrogens is 1. The van der Waals surface area contributed by atoms with E-state index < -0.39 is 0 Å². The Bertz CT molecular complexity index is 1210. The standard InChI is InChI=1S/C25H23NO5/c1-28-22-13-18(14-27)23(25(30-3)24(22)29-2)21-12-17-11-19(9-10-20(17)26-21)31-15-16-7-5-4-6-8-16/h4-14,26H,15H2,1-3H3. The number of aldehydes is 1. The fourth-order valence-corrected chi connectivity index (χ4v) is 3.62. The minimum atomic E-state index is 0.427. The molecular weight excluding hydrogens is 394 g/mol. The Hall–Kier alpha value is -3.93. The average molecular weight is 417 g/mol. The molecule has 6 heteroatoms. The number of hydrogen-bond acceptors (Lipinski definition) is 5. The zero-order valence-electron chi connectivity index (χ0n) is 17.6. The first-order valence-corrected chi connectivity index (χ1v) is 9.76. The van der Waals surface area contributed by atoms with Crippen LogP contribution < -0.4 is 18.9 Å². The van der Waals surface area contributed by atoms with E-state index in [2.05, 4.69) is 4.98 Å². The monoisotopic (exact) mass is 417 g/mol. The third kappa shape index (κ3) is 3.92. The molecule has 4 aromatic rings. The average Bonchev–Trinajstić information content (AvgIpc) is 3.24. The number of nitrogens with one attached hydrogen (secondary N) is 1. The highest BCUT2D eigenvalue weighted by molar-refractivity contribution is 5.96. The number of methoxy groups -OCH3 is 3. The van der Waals surface area contributed by atoms with Crippen LogP contribution in [0.2, 0.25) is 0 Å². The van der Waals surface area contributed by atoms with Gasteiger partial charge < -0.3 is 23.9 Å². The van der Waals surface area contributed by atoms with Gasteiger partial charge in [0, 0.05) is 16.5 Å². The van der Waals surface area contributed by atoms with Crippen LogP contribution >= 0.6 is 0 Å². The predicted octanol–water partition coefficient (Wildman–Crippen LogP) is 5.25. The van der Waals surface area contributed by atoms with Gasteiger partial charge in [0.05, 0.1) is 32.6 Å². The number of fused-ring (bicyclic) bond motifs is 1. The van der Waals surface area contributed by atoms with Crippen molar-refractivity contribution in [1.29, 1.82) is 0 Å². The highest BCUT2D eigenvalue weighted by Crippen LogP contribution is 2.46. The Morgan fingerprint density at radius 2 is 1.65 bits per heavy atom. The van der Waals surface area contributed by atoms with Gasteiger partial charge in [-0.1, -0.05) is 30.3 Å². The zero-order valence-corrected chi connectivity index (χ0v) is 17.6. The highest BCUT2D eigenvalue weighted by Gasteiger charge is 2.23. The fraction of sp³-hybridized carbons (Fsp3) is 0.160. The van der Waals surface area contributed by atoms with Gasteiger partial charge in [-0.25, -0.2) is 0 Å². The second kappa shape index (κ2) is 8.83. The largest absolute Gasteiger partial charge is 0.493 e. The first kappa shape index (κ1) is 20.3. The summed E-state index contributed by atoms with van der Waals surface area (Å²) in [4.78, 5) is 15.2. The van der Waals surface area contributed by atoms with E-state index in [-0.39, 0.29) is 0 Å². The van der Waals surface area contributed by atoms with E-state index in [0.717, 1.165) is 34.2 Å². The van der Waals surface area contributed by atoms with Gasteiger partial charge in [-0.3, -0.25) is 4.79 Å². The Labute approximate surface area is 180 Å². The van der Waals surface area contributed by atoms with Crippen LogP contribution in [0.1, 0.15) is 15.9 Å². The molecule has 0 aliphatic carbocycles. The van der Waals surface area contributed by atoms with Gasteiger partial charge in [-0.15, -0.1) is 0 Å². The molecule has 0 radical (unpaired) electrons. The number of aromatic nitrogens is 1. The number of ether oxygens (including phenoxy) is 4. The smallest absolute Gasteiger partial charge is 0.204 e. The van der Waals surface area contributed by atoms with E-state index in [1.807, 2.05) is 54.6 Å². The summed E-state index contributed by atoms with van der Waals surface area (Å²) < 4.78 is 22.4. The number of aromatic amines is 1. The van der Waals surface area contributed by atoms with E-state index in [1.54, 1.807) is 6.07 Å². The summed E-state index contributed by atoms with van der Waals surface area (Å²) >= 11 is 0. The fourth-order valence-electron chi connectivity index (χ4n) is 3.62. The van der Waals surface area contributed by atoms with Crippen LogP contribution in [-0.2, 0) is 6.61 Å². The van der Waals surface area contributed by atoms with Crippen molar-refractivity contribution >= 4 is 17.2 Å². The molecule has 0 atom stereocenters. The van der Waals surface area contributed by atoms with Gasteiger partial charge in [-0.2, -0.15) is 0 Å². The summed E-state index contributed by atoms with van der Waals surface area (Å²) in [6, 6.07) is 19.4. The van der Waals surface area contributed by atoms with Crippen LogP contribution in [0.3, 0.4) is 0 Å². The van der Waals surface area contributed by atoms with Crippen molar-refractivity contribution in [3.05, 3.63) is 71.8 Å². The summed E-state index contributed by atoms with van der Waals surface area (Å²) in [5.41, 5.74) is 3.79. The van der Waals surface area contributed by atoms with Crippen LogP contribution in [0, 0.1) is 0 Å². The van der Waals surface area contributed by atoms with E-state index in [9.17, 15) is 4.79 Å². The van der Waals surface area contributed by atoms with Gasteiger partial charge in [-0.05, 0) is 35.9 Å². The van der Waals surface area contributed by atoms with E-state index in [1.165, 1.54) is 21.3 Å². The Kier molecular flexibility index (Phi) is 5.80. The third-order valence-corrected chi connectivity index (χ3v) is 5.10. The molecule has 0 amide bonds. The molecule has 4 rings (SSSR count). The van der Waals surface area contributed by atoms with Gasteiger partial charge in [0.1, 0.15) is 12.4 Å². The molecule has 0 unspecified atom stereocenters. The van der Waals surface area contributed by atoms with Crippen molar-refractivity contribution in [2.45, 2.75) is 6.61 Å². The molecule has 0 fully saturated rings. The zero-order chi connectivity index (χ0) is 21.8. The molecule has 6 nitrogen and oxygen atoms in total. The molecule has 31 heavy (non-hydrogen) atoms. The molecule has 0 saturated carbocycles. The van der Waals surface area contributed by atoms with Crippen molar-refractivity contribution in [3.8, 4) is 34.3 Å². The van der Waals surface area contributed by atoms with Gasteiger partial charge in [0.15, 0.2) is 17.8 Å². The maximum absolute atomic E-state index is 11.8. The number of carbonyl (C=O) groups is 1. The molecule has 1 heterocycles. The molecule has 0 spiro atoms. The molecule has 3 aromatic carbocycles. The maximum Gasteiger partial charge on any atom is 0.204 e. The molecule has 0 bridgehead atoms. The second-order valence-electron chi connectivity index (χ2n) is 6.93.